The third-order valence-electron chi connectivity index (χ3n) is 2.16. The van der Waals surface area contributed by atoms with Crippen molar-refractivity contribution in [3.05, 3.63) is 35.9 Å². The molecular weight excluding hydrogens is 208 g/mol. The molecule has 0 amide bonds. The molecule has 0 unspecified atom stereocenters. The predicted octanol–water partition coefficient (Wildman–Crippen LogP) is 4.12. The van der Waals surface area contributed by atoms with Crippen LogP contribution in [0.1, 0.15) is 25.8 Å². The standard InChI is InChI=1S/C13H17ClO/c1-3-15-13-8-4-7-12(10-13)11(2)6-5-9-14/h4,6-8,10H,3,5,9H2,1-2H3. The number of hydrogen-bond donors (Lipinski definition) is 0. The van der Waals surface area contributed by atoms with E-state index in [0.29, 0.717) is 12.5 Å². The molecule has 1 aromatic rings. The fourth-order valence-corrected chi connectivity index (χ4v) is 1.50. The summed E-state index contributed by atoms with van der Waals surface area (Å²) in [6.07, 6.45) is 3.06. The van der Waals surface area contributed by atoms with Gasteiger partial charge >= 0.3 is 0 Å². The summed E-state index contributed by atoms with van der Waals surface area (Å²) in [5.74, 6) is 1.59. The van der Waals surface area contributed by atoms with Gasteiger partial charge in [0, 0.05) is 5.88 Å². The van der Waals surface area contributed by atoms with Crippen molar-refractivity contribution in [2.45, 2.75) is 20.3 Å². The average molecular weight is 225 g/mol. The highest BCUT2D eigenvalue weighted by atomic mass is 35.5. The van der Waals surface area contributed by atoms with Crippen molar-refractivity contribution in [3.8, 4) is 5.75 Å². The first-order chi connectivity index (χ1) is 7.27. The Labute approximate surface area is 96.7 Å². The van der Waals surface area contributed by atoms with Crippen molar-refractivity contribution in [1.29, 1.82) is 0 Å². The summed E-state index contributed by atoms with van der Waals surface area (Å²) in [6, 6.07) is 8.13. The molecular formula is C13H17ClO. The molecule has 1 rings (SSSR count). The molecule has 0 aromatic heterocycles. The minimum absolute atomic E-state index is 0.669. The van der Waals surface area contributed by atoms with Crippen LogP contribution in [0.15, 0.2) is 30.3 Å². The van der Waals surface area contributed by atoms with Gasteiger partial charge in [0.05, 0.1) is 6.61 Å². The first-order valence-corrected chi connectivity index (χ1v) is 5.77. The van der Waals surface area contributed by atoms with Gasteiger partial charge < -0.3 is 4.74 Å². The van der Waals surface area contributed by atoms with Gasteiger partial charge in [0.15, 0.2) is 0 Å². The lowest BCUT2D eigenvalue weighted by Crippen LogP contribution is -1.91. The molecule has 1 aromatic carbocycles. The summed E-state index contributed by atoms with van der Waals surface area (Å²) in [7, 11) is 0. The van der Waals surface area contributed by atoms with Gasteiger partial charge in [-0.15, -0.1) is 11.6 Å². The normalized spacial score (nSPS) is 11.5. The molecule has 0 atom stereocenters. The van der Waals surface area contributed by atoms with E-state index in [1.165, 1.54) is 11.1 Å². The van der Waals surface area contributed by atoms with Crippen molar-refractivity contribution >= 4 is 17.2 Å². The number of hydrogen-bond acceptors (Lipinski definition) is 1. The summed E-state index contributed by atoms with van der Waals surface area (Å²) in [4.78, 5) is 0. The summed E-state index contributed by atoms with van der Waals surface area (Å²) in [5, 5.41) is 0. The second-order valence-electron chi connectivity index (χ2n) is 3.33. The van der Waals surface area contributed by atoms with E-state index in [1.54, 1.807) is 0 Å². The summed E-state index contributed by atoms with van der Waals surface area (Å²) in [5.41, 5.74) is 2.45. The lowest BCUT2D eigenvalue weighted by Gasteiger charge is -2.06. The fraction of sp³-hybridized carbons (Fsp3) is 0.385. The van der Waals surface area contributed by atoms with Crippen LogP contribution < -0.4 is 4.74 Å². The van der Waals surface area contributed by atoms with E-state index in [-0.39, 0.29) is 0 Å². The monoisotopic (exact) mass is 224 g/mol. The number of benzene rings is 1. The van der Waals surface area contributed by atoms with Crippen LogP contribution >= 0.6 is 11.6 Å². The van der Waals surface area contributed by atoms with Gasteiger partial charge in [-0.3, -0.25) is 0 Å². The Kier molecular flexibility index (Phi) is 5.27. The third-order valence-corrected chi connectivity index (χ3v) is 2.38. The second kappa shape index (κ2) is 6.52. The Morgan fingerprint density at radius 3 is 2.93 bits per heavy atom. The van der Waals surface area contributed by atoms with Crippen LogP contribution in [0.3, 0.4) is 0 Å². The summed E-state index contributed by atoms with van der Waals surface area (Å²) < 4.78 is 5.45. The fourth-order valence-electron chi connectivity index (χ4n) is 1.39. The predicted molar refractivity (Wildman–Crippen MR) is 66.6 cm³/mol. The van der Waals surface area contributed by atoms with Crippen molar-refractivity contribution < 1.29 is 4.74 Å². The first kappa shape index (κ1) is 12.1. The Hall–Kier alpha value is -0.950. The summed E-state index contributed by atoms with van der Waals surface area (Å²) >= 11 is 5.64. The van der Waals surface area contributed by atoms with Crippen LogP contribution in [0.4, 0.5) is 0 Å². The molecule has 0 N–H and O–H groups in total. The molecule has 0 aliphatic rings. The van der Waals surface area contributed by atoms with Crippen molar-refractivity contribution in [3.63, 3.8) is 0 Å². The van der Waals surface area contributed by atoms with Crippen LogP contribution in [0.5, 0.6) is 5.75 Å². The quantitative estimate of drug-likeness (QED) is 0.684. The van der Waals surface area contributed by atoms with Gasteiger partial charge in [-0.1, -0.05) is 18.2 Å². The van der Waals surface area contributed by atoms with Gasteiger partial charge in [0.2, 0.25) is 0 Å². The lowest BCUT2D eigenvalue weighted by molar-refractivity contribution is 0.340. The third kappa shape index (κ3) is 3.96. The average Bonchev–Trinajstić information content (AvgIpc) is 2.27. The van der Waals surface area contributed by atoms with Gasteiger partial charge in [-0.25, -0.2) is 0 Å². The number of ether oxygens (including phenoxy) is 1. The molecule has 1 nitrogen and oxygen atoms in total. The molecule has 82 valence electrons. The van der Waals surface area contributed by atoms with E-state index in [9.17, 15) is 0 Å². The first-order valence-electron chi connectivity index (χ1n) is 5.24. The molecule has 15 heavy (non-hydrogen) atoms. The van der Waals surface area contributed by atoms with Crippen LogP contribution in [-0.4, -0.2) is 12.5 Å². The van der Waals surface area contributed by atoms with E-state index >= 15 is 0 Å². The lowest BCUT2D eigenvalue weighted by atomic mass is 10.1. The summed E-state index contributed by atoms with van der Waals surface area (Å²) in [6.45, 7) is 4.79. The maximum atomic E-state index is 5.64. The van der Waals surface area contributed by atoms with Crippen molar-refractivity contribution in [2.75, 3.05) is 12.5 Å². The second-order valence-corrected chi connectivity index (χ2v) is 3.70. The molecule has 0 fully saturated rings. The van der Waals surface area contributed by atoms with Crippen LogP contribution in [-0.2, 0) is 0 Å². The van der Waals surface area contributed by atoms with E-state index in [2.05, 4.69) is 25.1 Å². The maximum Gasteiger partial charge on any atom is 0.119 e. The Morgan fingerprint density at radius 1 is 1.47 bits per heavy atom. The Bertz CT molecular complexity index is 331. The molecule has 0 saturated heterocycles. The molecule has 0 bridgehead atoms. The minimum Gasteiger partial charge on any atom is -0.494 e. The van der Waals surface area contributed by atoms with Crippen molar-refractivity contribution in [2.24, 2.45) is 0 Å². The zero-order valence-corrected chi connectivity index (χ0v) is 10.1. The minimum atomic E-state index is 0.669. The number of allylic oxidation sites excluding steroid dienone is 2. The number of alkyl halides is 1. The highest BCUT2D eigenvalue weighted by Crippen LogP contribution is 2.20. The highest BCUT2D eigenvalue weighted by Gasteiger charge is 1.97. The van der Waals surface area contributed by atoms with Gasteiger partial charge in [-0.05, 0) is 43.5 Å². The zero-order chi connectivity index (χ0) is 11.1. The zero-order valence-electron chi connectivity index (χ0n) is 9.29. The maximum absolute atomic E-state index is 5.64. The molecule has 0 saturated carbocycles. The molecule has 2 heteroatoms. The molecule has 0 heterocycles. The number of rotatable bonds is 5. The van der Waals surface area contributed by atoms with Gasteiger partial charge in [0.1, 0.15) is 5.75 Å². The van der Waals surface area contributed by atoms with E-state index in [4.69, 9.17) is 16.3 Å². The molecule has 0 spiro atoms. The Balaban J connectivity index is 2.80. The topological polar surface area (TPSA) is 9.23 Å². The number of halogens is 1. The smallest absolute Gasteiger partial charge is 0.119 e. The van der Waals surface area contributed by atoms with Crippen LogP contribution in [0.2, 0.25) is 0 Å². The molecule has 0 aliphatic carbocycles. The van der Waals surface area contributed by atoms with Crippen molar-refractivity contribution in [1.82, 2.24) is 0 Å². The largest absolute Gasteiger partial charge is 0.494 e. The van der Waals surface area contributed by atoms with E-state index in [0.717, 1.165) is 12.2 Å². The SMILES string of the molecule is CCOc1cccc(C(C)=CCCCl)c1. The molecule has 0 aliphatic heterocycles. The van der Waals surface area contributed by atoms with Gasteiger partial charge in [-0.2, -0.15) is 0 Å². The van der Waals surface area contributed by atoms with Crippen LogP contribution in [0, 0.1) is 0 Å². The van der Waals surface area contributed by atoms with Crippen LogP contribution in [0.25, 0.3) is 5.57 Å². The van der Waals surface area contributed by atoms with Gasteiger partial charge in [0.25, 0.3) is 0 Å². The molecule has 0 radical (unpaired) electrons. The highest BCUT2D eigenvalue weighted by molar-refractivity contribution is 6.17. The van der Waals surface area contributed by atoms with E-state index < -0.39 is 0 Å². The van der Waals surface area contributed by atoms with E-state index in [1.807, 2.05) is 19.1 Å². The Morgan fingerprint density at radius 2 is 2.27 bits per heavy atom.